The Balaban J connectivity index is 0.000000469. The van der Waals surface area contributed by atoms with E-state index >= 15 is 0 Å². The maximum atomic E-state index is 11.3. The second kappa shape index (κ2) is 13.6. The third kappa shape index (κ3) is 7.45. The van der Waals surface area contributed by atoms with Gasteiger partial charge in [0.2, 0.25) is 0 Å². The van der Waals surface area contributed by atoms with Crippen molar-refractivity contribution in [1.29, 1.82) is 0 Å². The van der Waals surface area contributed by atoms with Crippen molar-refractivity contribution in [3.8, 4) is 17.2 Å². The van der Waals surface area contributed by atoms with E-state index in [4.69, 9.17) is 14.2 Å². The average molecular weight is 506 g/mol. The summed E-state index contributed by atoms with van der Waals surface area (Å²) in [6.07, 6.45) is -0.511. The van der Waals surface area contributed by atoms with Crippen LogP contribution in [0.3, 0.4) is 0 Å². The second-order valence-electron chi connectivity index (χ2n) is 8.67. The minimum absolute atomic E-state index is 0.324. The molecule has 0 aromatic heterocycles. The molecular weight excluding hydrogens is 470 g/mol. The van der Waals surface area contributed by atoms with Crippen molar-refractivity contribution < 1.29 is 24.1 Å². The van der Waals surface area contributed by atoms with Gasteiger partial charge in [0.05, 0.1) is 17.9 Å². The number of aliphatic carboxylic acids is 1. The van der Waals surface area contributed by atoms with Crippen LogP contribution in [0.4, 0.5) is 11.4 Å². The van der Waals surface area contributed by atoms with E-state index in [0.29, 0.717) is 26.2 Å². The predicted molar refractivity (Wildman–Crippen MR) is 144 cm³/mol. The standard InChI is InChI=1S/C25H25NO5.C4H10N2/c1-2-29-24(25(27)28)17-18-11-13-19(14-12-18)30-16-15-26-20-7-3-5-9-22(20)31-23-10-6-4-8-21(23)26;1-2-6-4-3-5-1/h3-14,24H,2,15-17H2,1H3,(H,27,28);5-6H,1-4H2. The van der Waals surface area contributed by atoms with E-state index in [2.05, 4.69) is 15.5 Å². The quantitative estimate of drug-likeness (QED) is 0.398. The Morgan fingerprint density at radius 2 is 1.49 bits per heavy atom. The Bertz CT molecular complexity index is 1080. The van der Waals surface area contributed by atoms with E-state index < -0.39 is 12.1 Å². The highest BCUT2D eigenvalue weighted by molar-refractivity contribution is 5.77. The first kappa shape index (κ1) is 26.5. The Morgan fingerprint density at radius 3 is 2.00 bits per heavy atom. The van der Waals surface area contributed by atoms with Crippen LogP contribution in [0.25, 0.3) is 0 Å². The van der Waals surface area contributed by atoms with Crippen LogP contribution >= 0.6 is 0 Å². The number of piperazine rings is 1. The summed E-state index contributed by atoms with van der Waals surface area (Å²) in [4.78, 5) is 13.5. The van der Waals surface area contributed by atoms with Crippen molar-refractivity contribution in [2.75, 3.05) is 50.8 Å². The molecule has 1 atom stereocenters. The number of anilines is 2. The van der Waals surface area contributed by atoms with Gasteiger partial charge >= 0.3 is 5.97 Å². The number of rotatable bonds is 9. The van der Waals surface area contributed by atoms with Crippen molar-refractivity contribution in [2.45, 2.75) is 19.4 Å². The molecule has 3 aromatic rings. The Morgan fingerprint density at radius 1 is 0.919 bits per heavy atom. The molecule has 5 rings (SSSR count). The average Bonchev–Trinajstić information content (AvgIpc) is 2.94. The fraction of sp³-hybridized carbons (Fsp3) is 0.345. The molecule has 1 fully saturated rings. The summed E-state index contributed by atoms with van der Waals surface area (Å²) in [6.45, 7) is 7.85. The first-order valence-electron chi connectivity index (χ1n) is 12.8. The highest BCUT2D eigenvalue weighted by Gasteiger charge is 2.23. The first-order chi connectivity index (χ1) is 18.2. The van der Waals surface area contributed by atoms with E-state index in [1.165, 1.54) is 0 Å². The summed E-state index contributed by atoms with van der Waals surface area (Å²) in [7, 11) is 0. The van der Waals surface area contributed by atoms with Gasteiger partial charge in [0, 0.05) is 39.2 Å². The number of nitrogens with one attached hydrogen (secondary N) is 2. The fourth-order valence-corrected chi connectivity index (χ4v) is 4.23. The number of hydrogen-bond acceptors (Lipinski definition) is 7. The summed E-state index contributed by atoms with van der Waals surface area (Å²) >= 11 is 0. The second-order valence-corrected chi connectivity index (χ2v) is 8.67. The van der Waals surface area contributed by atoms with Crippen molar-refractivity contribution in [3.05, 3.63) is 78.4 Å². The van der Waals surface area contributed by atoms with Crippen LogP contribution in [-0.2, 0) is 16.0 Å². The Hall–Kier alpha value is -3.59. The van der Waals surface area contributed by atoms with E-state index in [1.54, 1.807) is 6.92 Å². The predicted octanol–water partition coefficient (Wildman–Crippen LogP) is 4.22. The first-order valence-corrected chi connectivity index (χ1v) is 12.8. The van der Waals surface area contributed by atoms with Crippen molar-refractivity contribution in [3.63, 3.8) is 0 Å². The van der Waals surface area contributed by atoms with Crippen LogP contribution in [0.1, 0.15) is 12.5 Å². The number of carboxylic acid groups (broad SMARTS) is 1. The topological polar surface area (TPSA) is 92.3 Å². The fourth-order valence-electron chi connectivity index (χ4n) is 4.23. The van der Waals surface area contributed by atoms with Gasteiger partial charge in [-0.2, -0.15) is 0 Å². The molecule has 3 N–H and O–H groups in total. The van der Waals surface area contributed by atoms with Gasteiger partial charge in [-0.25, -0.2) is 4.79 Å². The van der Waals surface area contributed by atoms with Gasteiger partial charge in [-0.3, -0.25) is 0 Å². The summed E-state index contributed by atoms with van der Waals surface area (Å²) in [5.74, 6) is 1.44. The van der Waals surface area contributed by atoms with Crippen molar-refractivity contribution in [2.24, 2.45) is 0 Å². The minimum atomic E-state index is -0.951. The van der Waals surface area contributed by atoms with Crippen LogP contribution in [0.5, 0.6) is 17.2 Å². The van der Waals surface area contributed by atoms with E-state index in [0.717, 1.165) is 60.4 Å². The molecule has 2 aliphatic rings. The summed E-state index contributed by atoms with van der Waals surface area (Å²) in [5.41, 5.74) is 2.91. The number of fused-ring (bicyclic) bond motifs is 2. The molecule has 196 valence electrons. The zero-order chi connectivity index (χ0) is 25.9. The number of para-hydroxylation sites is 4. The lowest BCUT2D eigenvalue weighted by Gasteiger charge is -2.32. The molecule has 2 heterocycles. The molecular formula is C29H35N3O5. The number of hydrogen-bond donors (Lipinski definition) is 3. The molecule has 1 saturated heterocycles. The normalized spacial score (nSPS) is 14.8. The molecule has 1 unspecified atom stereocenters. The third-order valence-corrected chi connectivity index (χ3v) is 6.06. The number of benzene rings is 3. The smallest absolute Gasteiger partial charge is 0.333 e. The lowest BCUT2D eigenvalue weighted by atomic mass is 10.1. The van der Waals surface area contributed by atoms with Crippen LogP contribution < -0.4 is 25.0 Å². The molecule has 0 aliphatic carbocycles. The zero-order valence-electron chi connectivity index (χ0n) is 21.2. The zero-order valence-corrected chi connectivity index (χ0v) is 21.2. The SMILES string of the molecule is C1CNCCN1.CCOC(Cc1ccc(OCCN2c3ccccc3Oc3ccccc32)cc1)C(=O)O. The molecule has 3 aromatic carbocycles. The minimum Gasteiger partial charge on any atom is -0.492 e. The van der Waals surface area contributed by atoms with Gasteiger partial charge in [-0.15, -0.1) is 0 Å². The van der Waals surface area contributed by atoms with Crippen molar-refractivity contribution >= 4 is 17.3 Å². The Kier molecular flexibility index (Phi) is 9.76. The molecule has 0 spiro atoms. The lowest BCUT2D eigenvalue weighted by Crippen LogP contribution is -2.39. The molecule has 2 aliphatic heterocycles. The summed E-state index contributed by atoms with van der Waals surface area (Å²) in [5, 5.41) is 15.7. The molecule has 8 heteroatoms. The van der Waals surface area contributed by atoms with Gasteiger partial charge in [0.15, 0.2) is 17.6 Å². The highest BCUT2D eigenvalue weighted by atomic mass is 16.5. The Labute approximate surface area is 218 Å². The van der Waals surface area contributed by atoms with Gasteiger partial charge in [-0.05, 0) is 48.9 Å². The van der Waals surface area contributed by atoms with Gasteiger partial charge in [-0.1, -0.05) is 36.4 Å². The largest absolute Gasteiger partial charge is 0.492 e. The summed E-state index contributed by atoms with van der Waals surface area (Å²) < 4.78 is 17.3. The van der Waals surface area contributed by atoms with Crippen molar-refractivity contribution in [1.82, 2.24) is 10.6 Å². The molecule has 0 bridgehead atoms. The number of ether oxygens (including phenoxy) is 3. The van der Waals surface area contributed by atoms with Gasteiger partial charge < -0.3 is 34.9 Å². The number of carboxylic acids is 1. The van der Waals surface area contributed by atoms with Gasteiger partial charge in [0.25, 0.3) is 0 Å². The maximum Gasteiger partial charge on any atom is 0.333 e. The molecule has 37 heavy (non-hydrogen) atoms. The molecule has 0 amide bonds. The highest BCUT2D eigenvalue weighted by Crippen LogP contribution is 2.45. The molecule has 8 nitrogen and oxygen atoms in total. The van der Waals surface area contributed by atoms with E-state index in [1.807, 2.05) is 72.8 Å². The van der Waals surface area contributed by atoms with Crippen LogP contribution in [-0.4, -0.2) is 63.1 Å². The van der Waals surface area contributed by atoms with Crippen LogP contribution in [0, 0.1) is 0 Å². The lowest BCUT2D eigenvalue weighted by molar-refractivity contribution is -0.149. The van der Waals surface area contributed by atoms with Crippen LogP contribution in [0.15, 0.2) is 72.8 Å². The molecule has 0 radical (unpaired) electrons. The monoisotopic (exact) mass is 505 g/mol. The maximum absolute atomic E-state index is 11.3. The number of carbonyl (C=O) groups is 1. The molecule has 0 saturated carbocycles. The van der Waals surface area contributed by atoms with E-state index in [9.17, 15) is 9.90 Å². The van der Waals surface area contributed by atoms with Gasteiger partial charge in [0.1, 0.15) is 12.4 Å². The third-order valence-electron chi connectivity index (χ3n) is 6.06. The van der Waals surface area contributed by atoms with E-state index in [-0.39, 0.29) is 0 Å². The summed E-state index contributed by atoms with van der Waals surface area (Å²) in [6, 6.07) is 23.4. The van der Waals surface area contributed by atoms with Crippen LogP contribution in [0.2, 0.25) is 0 Å². The number of nitrogens with zero attached hydrogens (tertiary/aromatic N) is 1.